The zero-order valence-electron chi connectivity index (χ0n) is 9.06. The smallest absolute Gasteiger partial charge is 0.326 e. The van der Waals surface area contributed by atoms with Crippen molar-refractivity contribution in [3.8, 4) is 0 Å². The Bertz CT molecular complexity index is 359. The van der Waals surface area contributed by atoms with Gasteiger partial charge in [-0.3, -0.25) is 5.32 Å². The van der Waals surface area contributed by atoms with Crippen LogP contribution in [-0.2, 0) is 4.79 Å². The first-order chi connectivity index (χ1) is 7.50. The average molecular weight is 226 g/mol. The third-order valence-electron chi connectivity index (χ3n) is 1.98. The van der Waals surface area contributed by atoms with E-state index in [-0.39, 0.29) is 11.8 Å². The Labute approximate surface area is 92.6 Å². The molecule has 0 radical (unpaired) electrons. The average Bonchev–Trinajstić information content (AvgIpc) is 2.65. The summed E-state index contributed by atoms with van der Waals surface area (Å²) in [4.78, 5) is 22.2. The van der Waals surface area contributed by atoms with Crippen LogP contribution in [-0.4, -0.2) is 23.1 Å². The Morgan fingerprint density at radius 1 is 1.44 bits per heavy atom. The highest BCUT2D eigenvalue weighted by Gasteiger charge is 2.23. The number of amides is 2. The van der Waals surface area contributed by atoms with E-state index in [1.807, 2.05) is 0 Å². The van der Waals surface area contributed by atoms with Crippen LogP contribution in [0.4, 0.5) is 10.7 Å². The maximum absolute atomic E-state index is 11.4. The number of carboxylic acids is 1. The third-order valence-corrected chi connectivity index (χ3v) is 1.98. The first kappa shape index (κ1) is 12.1. The van der Waals surface area contributed by atoms with Gasteiger partial charge in [-0.1, -0.05) is 13.8 Å². The fourth-order valence-corrected chi connectivity index (χ4v) is 1.15. The van der Waals surface area contributed by atoms with Crippen molar-refractivity contribution in [2.24, 2.45) is 5.92 Å². The molecule has 0 aromatic carbocycles. The molecular formula is C10H14N2O4. The Balaban J connectivity index is 2.52. The summed E-state index contributed by atoms with van der Waals surface area (Å²) in [6.45, 7) is 3.43. The third kappa shape index (κ3) is 3.30. The van der Waals surface area contributed by atoms with Crippen molar-refractivity contribution in [2.45, 2.75) is 19.9 Å². The first-order valence-corrected chi connectivity index (χ1v) is 4.84. The number of aliphatic carboxylic acids is 1. The number of nitrogens with one attached hydrogen (secondary N) is 2. The molecule has 0 spiro atoms. The minimum absolute atomic E-state index is 0.195. The molecule has 6 nitrogen and oxygen atoms in total. The predicted molar refractivity (Wildman–Crippen MR) is 57.1 cm³/mol. The molecule has 1 aromatic rings. The lowest BCUT2D eigenvalue weighted by Gasteiger charge is -2.17. The van der Waals surface area contributed by atoms with Gasteiger partial charge in [0.1, 0.15) is 6.04 Å². The zero-order chi connectivity index (χ0) is 12.1. The van der Waals surface area contributed by atoms with Crippen LogP contribution >= 0.6 is 0 Å². The summed E-state index contributed by atoms with van der Waals surface area (Å²) >= 11 is 0. The van der Waals surface area contributed by atoms with Crippen LogP contribution in [0.3, 0.4) is 0 Å². The van der Waals surface area contributed by atoms with E-state index < -0.39 is 18.0 Å². The topological polar surface area (TPSA) is 91.6 Å². The van der Waals surface area contributed by atoms with Gasteiger partial charge in [0, 0.05) is 6.07 Å². The number of carbonyl (C=O) groups excluding carboxylic acids is 1. The van der Waals surface area contributed by atoms with Crippen molar-refractivity contribution in [1.82, 2.24) is 5.32 Å². The number of carbonyl (C=O) groups is 2. The monoisotopic (exact) mass is 226 g/mol. The van der Waals surface area contributed by atoms with Gasteiger partial charge in [-0.05, 0) is 12.0 Å². The molecule has 2 amide bonds. The Hall–Kier alpha value is -1.98. The van der Waals surface area contributed by atoms with Crippen molar-refractivity contribution in [1.29, 1.82) is 0 Å². The summed E-state index contributed by atoms with van der Waals surface area (Å²) in [7, 11) is 0. The molecule has 1 unspecified atom stereocenters. The van der Waals surface area contributed by atoms with Gasteiger partial charge in [0.15, 0.2) is 0 Å². The van der Waals surface area contributed by atoms with Crippen LogP contribution in [0, 0.1) is 5.92 Å². The number of hydrogen-bond acceptors (Lipinski definition) is 3. The number of rotatable bonds is 4. The quantitative estimate of drug-likeness (QED) is 0.725. The molecule has 3 N–H and O–H groups in total. The lowest BCUT2D eigenvalue weighted by molar-refractivity contribution is -0.140. The van der Waals surface area contributed by atoms with E-state index in [1.165, 1.54) is 6.26 Å². The van der Waals surface area contributed by atoms with Crippen molar-refractivity contribution in [2.75, 3.05) is 5.32 Å². The second-order valence-electron chi connectivity index (χ2n) is 3.64. The summed E-state index contributed by atoms with van der Waals surface area (Å²) < 4.78 is 4.89. The van der Waals surface area contributed by atoms with E-state index in [0.717, 1.165) is 0 Å². The van der Waals surface area contributed by atoms with Crippen LogP contribution in [0.25, 0.3) is 0 Å². The maximum atomic E-state index is 11.4. The largest absolute Gasteiger partial charge is 0.480 e. The summed E-state index contributed by atoms with van der Waals surface area (Å²) in [5, 5.41) is 13.6. The van der Waals surface area contributed by atoms with Crippen LogP contribution in [0.1, 0.15) is 13.8 Å². The van der Waals surface area contributed by atoms with E-state index in [2.05, 4.69) is 10.6 Å². The molecule has 1 heterocycles. The molecule has 16 heavy (non-hydrogen) atoms. The SMILES string of the molecule is CC(C)C(NC(=O)Nc1ccco1)C(=O)O. The second-order valence-corrected chi connectivity index (χ2v) is 3.64. The van der Waals surface area contributed by atoms with Gasteiger partial charge in [-0.25, -0.2) is 9.59 Å². The van der Waals surface area contributed by atoms with E-state index in [0.29, 0.717) is 0 Å². The van der Waals surface area contributed by atoms with Crippen LogP contribution < -0.4 is 10.6 Å². The second kappa shape index (κ2) is 5.20. The fraction of sp³-hybridized carbons (Fsp3) is 0.400. The molecule has 88 valence electrons. The molecule has 0 aliphatic rings. The Morgan fingerprint density at radius 3 is 2.56 bits per heavy atom. The van der Waals surface area contributed by atoms with Crippen LogP contribution in [0.2, 0.25) is 0 Å². The Kier molecular flexibility index (Phi) is 3.93. The van der Waals surface area contributed by atoms with Gasteiger partial charge in [0.05, 0.1) is 6.26 Å². The minimum Gasteiger partial charge on any atom is -0.480 e. The van der Waals surface area contributed by atoms with Gasteiger partial charge >= 0.3 is 12.0 Å². The minimum atomic E-state index is -1.07. The van der Waals surface area contributed by atoms with Gasteiger partial charge < -0.3 is 14.8 Å². The normalized spacial score (nSPS) is 12.2. The van der Waals surface area contributed by atoms with Crippen LogP contribution in [0.5, 0.6) is 0 Å². The number of carboxylic acid groups (broad SMARTS) is 1. The van der Waals surface area contributed by atoms with Crippen molar-refractivity contribution in [3.05, 3.63) is 18.4 Å². The molecule has 0 aliphatic heterocycles. The van der Waals surface area contributed by atoms with Crippen molar-refractivity contribution >= 4 is 17.9 Å². The molecule has 0 fully saturated rings. The molecule has 0 bridgehead atoms. The lowest BCUT2D eigenvalue weighted by Crippen LogP contribution is -2.46. The standard InChI is InChI=1S/C10H14N2O4/c1-6(2)8(9(13)14)12-10(15)11-7-4-3-5-16-7/h3-6,8H,1-2H3,(H,13,14)(H2,11,12,15). The highest BCUT2D eigenvalue weighted by Crippen LogP contribution is 2.07. The first-order valence-electron chi connectivity index (χ1n) is 4.84. The summed E-state index contributed by atoms with van der Waals surface area (Å²) in [5.74, 6) is -0.991. The molecule has 0 saturated heterocycles. The van der Waals surface area contributed by atoms with Gasteiger partial charge in [0.2, 0.25) is 5.88 Å². The molecular weight excluding hydrogens is 212 g/mol. The predicted octanol–water partition coefficient (Wildman–Crippen LogP) is 1.51. The molecule has 0 saturated carbocycles. The highest BCUT2D eigenvalue weighted by molar-refractivity contribution is 5.91. The van der Waals surface area contributed by atoms with Crippen molar-refractivity contribution < 1.29 is 19.1 Å². The van der Waals surface area contributed by atoms with Crippen LogP contribution in [0.15, 0.2) is 22.8 Å². The molecule has 1 aromatic heterocycles. The van der Waals surface area contributed by atoms with Crippen molar-refractivity contribution in [3.63, 3.8) is 0 Å². The van der Waals surface area contributed by atoms with Gasteiger partial charge in [-0.15, -0.1) is 0 Å². The number of urea groups is 1. The van der Waals surface area contributed by atoms with Gasteiger partial charge in [-0.2, -0.15) is 0 Å². The molecule has 1 atom stereocenters. The Morgan fingerprint density at radius 2 is 2.12 bits per heavy atom. The van der Waals surface area contributed by atoms with Gasteiger partial charge in [0.25, 0.3) is 0 Å². The summed E-state index contributed by atoms with van der Waals surface area (Å²) in [6, 6.07) is 1.66. The molecule has 1 rings (SSSR count). The summed E-state index contributed by atoms with van der Waals surface area (Å²) in [6.07, 6.45) is 1.41. The fourth-order valence-electron chi connectivity index (χ4n) is 1.15. The number of anilines is 1. The number of hydrogen-bond donors (Lipinski definition) is 3. The maximum Gasteiger partial charge on any atom is 0.326 e. The van der Waals surface area contributed by atoms with E-state index in [9.17, 15) is 9.59 Å². The van der Waals surface area contributed by atoms with E-state index in [1.54, 1.807) is 26.0 Å². The molecule has 0 aliphatic carbocycles. The van der Waals surface area contributed by atoms with E-state index >= 15 is 0 Å². The zero-order valence-corrected chi connectivity index (χ0v) is 9.06. The highest BCUT2D eigenvalue weighted by atomic mass is 16.4. The summed E-state index contributed by atoms with van der Waals surface area (Å²) in [5.41, 5.74) is 0. The van der Waals surface area contributed by atoms with E-state index in [4.69, 9.17) is 9.52 Å². The number of furan rings is 1. The molecule has 6 heteroatoms. The lowest BCUT2D eigenvalue weighted by atomic mass is 10.1.